The molecule has 39 heavy (non-hydrogen) atoms. The van der Waals surface area contributed by atoms with Crippen LogP contribution in [-0.2, 0) is 0 Å². The third-order valence-corrected chi connectivity index (χ3v) is 7.91. The number of piperidine rings is 1. The summed E-state index contributed by atoms with van der Waals surface area (Å²) in [4.78, 5) is 22.0. The van der Waals surface area contributed by atoms with Gasteiger partial charge < -0.3 is 15.6 Å². The lowest BCUT2D eigenvalue weighted by Gasteiger charge is -2.23. The number of aromatic amines is 2. The second-order valence-corrected chi connectivity index (χ2v) is 10.7. The minimum atomic E-state index is 0.628. The molecular weight excluding hydrogens is 506 g/mol. The van der Waals surface area contributed by atoms with E-state index in [0.717, 1.165) is 75.4 Å². The van der Waals surface area contributed by atoms with Gasteiger partial charge in [0, 0.05) is 46.4 Å². The minimum Gasteiger partial charge on any atom is -0.358 e. The van der Waals surface area contributed by atoms with E-state index in [1.807, 2.05) is 30.0 Å². The van der Waals surface area contributed by atoms with Crippen LogP contribution in [0.4, 0.5) is 5.69 Å². The Bertz CT molecular complexity index is 1780. The molecular formula is C29H27N9S. The molecule has 4 N–H and O–H groups in total. The molecule has 10 heteroatoms. The number of fused-ring (bicyclic) bond motifs is 2. The van der Waals surface area contributed by atoms with E-state index in [1.54, 1.807) is 17.5 Å². The van der Waals surface area contributed by atoms with E-state index in [0.29, 0.717) is 17.4 Å². The Hall–Kier alpha value is -4.41. The van der Waals surface area contributed by atoms with Crippen LogP contribution in [0.5, 0.6) is 0 Å². The van der Waals surface area contributed by atoms with E-state index in [1.165, 1.54) is 12.8 Å². The number of imidazole rings is 1. The second kappa shape index (κ2) is 10.0. The number of nitrogens with zero attached hydrogens (tertiary/aromatic N) is 5. The van der Waals surface area contributed by atoms with Crippen molar-refractivity contribution in [2.24, 2.45) is 5.92 Å². The van der Waals surface area contributed by atoms with Gasteiger partial charge in [0.2, 0.25) is 0 Å². The van der Waals surface area contributed by atoms with Crippen LogP contribution in [0.1, 0.15) is 19.3 Å². The summed E-state index contributed by atoms with van der Waals surface area (Å²) in [7, 11) is 0. The average Bonchev–Trinajstić information content (AvgIpc) is 3.73. The molecule has 6 aromatic heterocycles. The normalized spacial score (nSPS) is 14.3. The van der Waals surface area contributed by atoms with Gasteiger partial charge in [0.1, 0.15) is 11.2 Å². The summed E-state index contributed by atoms with van der Waals surface area (Å²) in [6.45, 7) is 6.44. The van der Waals surface area contributed by atoms with Gasteiger partial charge in [-0.2, -0.15) is 16.4 Å². The predicted octanol–water partition coefficient (Wildman–Crippen LogP) is 6.00. The summed E-state index contributed by atoms with van der Waals surface area (Å²) in [6.07, 6.45) is 10.7. The highest BCUT2D eigenvalue weighted by Crippen LogP contribution is 2.32. The van der Waals surface area contributed by atoms with Crippen LogP contribution in [0.3, 0.4) is 0 Å². The zero-order valence-corrected chi connectivity index (χ0v) is 22.1. The first-order chi connectivity index (χ1) is 19.2. The van der Waals surface area contributed by atoms with Gasteiger partial charge in [-0.05, 0) is 67.9 Å². The van der Waals surface area contributed by atoms with Crippen molar-refractivity contribution in [1.82, 2.24) is 40.4 Å². The first-order valence-electron chi connectivity index (χ1n) is 13.0. The molecule has 7 rings (SSSR count). The Morgan fingerprint density at radius 2 is 1.95 bits per heavy atom. The van der Waals surface area contributed by atoms with Crippen LogP contribution in [0.25, 0.3) is 56.0 Å². The quantitative estimate of drug-likeness (QED) is 0.199. The van der Waals surface area contributed by atoms with E-state index < -0.39 is 0 Å². The van der Waals surface area contributed by atoms with Gasteiger partial charge in [-0.25, -0.2) is 9.97 Å². The Labute approximate surface area is 228 Å². The van der Waals surface area contributed by atoms with Crippen LogP contribution < -0.4 is 10.6 Å². The van der Waals surface area contributed by atoms with Crippen LogP contribution >= 0.6 is 11.3 Å². The number of H-pyrrole nitrogens is 2. The number of rotatable bonds is 7. The molecule has 194 valence electrons. The monoisotopic (exact) mass is 533 g/mol. The van der Waals surface area contributed by atoms with Gasteiger partial charge in [-0.3, -0.25) is 15.1 Å². The standard InChI is InChI=1S/C29H27N9S/c1-17(10-18-2-6-30-7-3-18)34-22-11-20(13-31-15-22)21-12-23-26(37-38-28(23)33-14-21)29-35-24-4-8-32-25(27(24)36-29)19-5-9-39-16-19/h4-5,8-9,11-16,18,30,34H,1-3,6-7,10H2,(H,35,36)(H,33,37,38). The lowest BCUT2D eigenvalue weighted by molar-refractivity contribution is 0.373. The molecule has 0 spiro atoms. The van der Waals surface area contributed by atoms with Gasteiger partial charge in [0.15, 0.2) is 11.5 Å². The number of pyridine rings is 3. The van der Waals surface area contributed by atoms with Gasteiger partial charge in [0.25, 0.3) is 0 Å². The van der Waals surface area contributed by atoms with Gasteiger partial charge in [-0.15, -0.1) is 0 Å². The highest BCUT2D eigenvalue weighted by molar-refractivity contribution is 7.08. The number of hydrogen-bond donors (Lipinski definition) is 4. The number of anilines is 1. The maximum absolute atomic E-state index is 4.91. The maximum atomic E-state index is 4.91. The van der Waals surface area contributed by atoms with E-state index in [4.69, 9.17) is 4.98 Å². The number of hydrogen-bond acceptors (Lipinski definition) is 8. The Balaban J connectivity index is 1.19. The SMILES string of the molecule is C=C(CC1CCNCC1)Nc1cncc(-c2cnc3n[nH]c(-c4nc5c(-c6ccsc6)nccc5[nH]4)c3c2)c1. The molecule has 9 nitrogen and oxygen atoms in total. The fourth-order valence-corrected chi connectivity index (χ4v) is 5.90. The Morgan fingerprint density at radius 3 is 2.82 bits per heavy atom. The molecule has 0 aromatic carbocycles. The van der Waals surface area contributed by atoms with Crippen molar-refractivity contribution in [3.8, 4) is 33.9 Å². The Morgan fingerprint density at radius 1 is 1.05 bits per heavy atom. The molecule has 0 saturated carbocycles. The number of nitrogens with one attached hydrogen (secondary N) is 4. The number of allylic oxidation sites excluding steroid dienone is 1. The van der Waals surface area contributed by atoms with Crippen LogP contribution in [0.15, 0.2) is 72.1 Å². The molecule has 0 bridgehead atoms. The fraction of sp³-hybridized carbons (Fsp3) is 0.207. The molecule has 1 aliphatic heterocycles. The molecule has 1 fully saturated rings. The molecule has 0 amide bonds. The van der Waals surface area contributed by atoms with Crippen molar-refractivity contribution in [3.05, 3.63) is 72.1 Å². The largest absolute Gasteiger partial charge is 0.358 e. The summed E-state index contributed by atoms with van der Waals surface area (Å²) in [5, 5.41) is 19.5. The van der Waals surface area contributed by atoms with Crippen molar-refractivity contribution in [2.45, 2.75) is 19.3 Å². The van der Waals surface area contributed by atoms with Crippen molar-refractivity contribution < 1.29 is 0 Å². The van der Waals surface area contributed by atoms with Gasteiger partial charge >= 0.3 is 0 Å². The predicted molar refractivity (Wildman–Crippen MR) is 156 cm³/mol. The third kappa shape index (κ3) is 4.68. The maximum Gasteiger partial charge on any atom is 0.181 e. The van der Waals surface area contributed by atoms with E-state index in [-0.39, 0.29) is 0 Å². The van der Waals surface area contributed by atoms with Crippen LogP contribution in [0, 0.1) is 5.92 Å². The summed E-state index contributed by atoms with van der Waals surface area (Å²) in [6, 6.07) is 8.16. The van der Waals surface area contributed by atoms with Crippen molar-refractivity contribution in [1.29, 1.82) is 0 Å². The average molecular weight is 534 g/mol. The minimum absolute atomic E-state index is 0.628. The first-order valence-corrected chi connectivity index (χ1v) is 14.0. The number of aromatic nitrogens is 7. The zero-order chi connectivity index (χ0) is 26.2. The summed E-state index contributed by atoms with van der Waals surface area (Å²) < 4.78 is 0. The second-order valence-electron chi connectivity index (χ2n) is 9.94. The molecule has 0 aliphatic carbocycles. The highest BCUT2D eigenvalue weighted by Gasteiger charge is 2.17. The fourth-order valence-electron chi connectivity index (χ4n) is 5.26. The first kappa shape index (κ1) is 23.7. The lowest BCUT2D eigenvalue weighted by atomic mass is 9.93. The highest BCUT2D eigenvalue weighted by atomic mass is 32.1. The molecule has 1 aliphatic rings. The zero-order valence-electron chi connectivity index (χ0n) is 21.2. The number of thiophene rings is 1. The summed E-state index contributed by atoms with van der Waals surface area (Å²) >= 11 is 1.64. The Kier molecular flexibility index (Phi) is 6.10. The van der Waals surface area contributed by atoms with Crippen LogP contribution in [-0.4, -0.2) is 48.2 Å². The van der Waals surface area contributed by atoms with E-state index in [9.17, 15) is 0 Å². The molecule has 0 atom stereocenters. The van der Waals surface area contributed by atoms with Gasteiger partial charge in [0.05, 0.1) is 28.5 Å². The van der Waals surface area contributed by atoms with Gasteiger partial charge in [-0.1, -0.05) is 6.58 Å². The topological polar surface area (TPSA) is 120 Å². The summed E-state index contributed by atoms with van der Waals surface area (Å²) in [5.74, 6) is 1.36. The van der Waals surface area contributed by atoms with Crippen molar-refractivity contribution >= 4 is 39.1 Å². The lowest BCUT2D eigenvalue weighted by Crippen LogP contribution is -2.28. The molecule has 7 heterocycles. The van der Waals surface area contributed by atoms with E-state index in [2.05, 4.69) is 70.9 Å². The van der Waals surface area contributed by atoms with E-state index >= 15 is 0 Å². The van der Waals surface area contributed by atoms with Crippen molar-refractivity contribution in [3.63, 3.8) is 0 Å². The van der Waals surface area contributed by atoms with Crippen molar-refractivity contribution in [2.75, 3.05) is 18.4 Å². The molecule has 0 unspecified atom stereocenters. The smallest absolute Gasteiger partial charge is 0.181 e. The molecule has 6 aromatic rings. The van der Waals surface area contributed by atoms with Crippen LogP contribution in [0.2, 0.25) is 0 Å². The molecule has 1 saturated heterocycles. The molecule has 0 radical (unpaired) electrons. The summed E-state index contributed by atoms with van der Waals surface area (Å²) in [5.41, 5.74) is 8.92. The third-order valence-electron chi connectivity index (χ3n) is 7.23.